The molecule has 1 aromatic carbocycles. The molecule has 0 aliphatic carbocycles. The summed E-state index contributed by atoms with van der Waals surface area (Å²) in [6, 6.07) is 14.3. The lowest BCUT2D eigenvalue weighted by molar-refractivity contribution is -0.157. The Morgan fingerprint density at radius 2 is 1.96 bits per heavy atom. The van der Waals surface area contributed by atoms with Crippen LogP contribution in [0.25, 0.3) is 0 Å². The number of nitrogens with one attached hydrogen (secondary N) is 1. The van der Waals surface area contributed by atoms with Crippen molar-refractivity contribution in [3.63, 3.8) is 0 Å². The van der Waals surface area contributed by atoms with E-state index >= 15 is 0 Å². The van der Waals surface area contributed by atoms with E-state index in [1.54, 1.807) is 4.90 Å². The molecule has 0 spiro atoms. The fourth-order valence-electron chi connectivity index (χ4n) is 3.70. The number of likely N-dealkylation sites (tertiary alicyclic amines) is 1. The van der Waals surface area contributed by atoms with Crippen molar-refractivity contribution in [3.8, 4) is 0 Å². The summed E-state index contributed by atoms with van der Waals surface area (Å²) in [6.07, 6.45) is 1.29. The fourth-order valence-corrected chi connectivity index (χ4v) is 3.70. The standard InChI is InChI=1S/C23H31N3O2/c1-17(2)20-10-8-19(9-11-20)15-26-13-5-12-23(28,22(26)27)16-24-14-21-7-4-6-18(3)25-21/h4,6-11,17,24,28H,5,12-16H2,1-3H3. The first-order chi connectivity index (χ1) is 13.4. The summed E-state index contributed by atoms with van der Waals surface area (Å²) >= 11 is 0. The molecule has 1 saturated heterocycles. The zero-order valence-corrected chi connectivity index (χ0v) is 17.1. The number of carbonyl (C=O) groups excluding carboxylic acids is 1. The van der Waals surface area contributed by atoms with Gasteiger partial charge in [-0.3, -0.25) is 9.78 Å². The Labute approximate surface area is 167 Å². The third-order valence-corrected chi connectivity index (χ3v) is 5.39. The Kier molecular flexibility index (Phi) is 6.47. The lowest BCUT2D eigenvalue weighted by atomic mass is 9.91. The maximum Gasteiger partial charge on any atom is 0.256 e. The van der Waals surface area contributed by atoms with Gasteiger partial charge in [-0.25, -0.2) is 0 Å². The number of nitrogens with zero attached hydrogens (tertiary/aromatic N) is 2. The number of rotatable bonds is 7. The molecule has 150 valence electrons. The van der Waals surface area contributed by atoms with E-state index in [2.05, 4.69) is 48.4 Å². The molecule has 1 fully saturated rings. The van der Waals surface area contributed by atoms with E-state index in [1.807, 2.05) is 25.1 Å². The van der Waals surface area contributed by atoms with Crippen molar-refractivity contribution in [2.45, 2.75) is 58.2 Å². The summed E-state index contributed by atoms with van der Waals surface area (Å²) in [6.45, 7) is 8.29. The lowest BCUT2D eigenvalue weighted by Gasteiger charge is -2.38. The van der Waals surface area contributed by atoms with Crippen LogP contribution in [-0.2, 0) is 17.9 Å². The zero-order chi connectivity index (χ0) is 20.1. The number of carbonyl (C=O) groups is 1. The van der Waals surface area contributed by atoms with Crippen LogP contribution in [0, 0.1) is 6.92 Å². The van der Waals surface area contributed by atoms with Gasteiger partial charge in [-0.05, 0) is 48.9 Å². The number of pyridine rings is 1. The van der Waals surface area contributed by atoms with Crippen LogP contribution in [0.5, 0.6) is 0 Å². The highest BCUT2D eigenvalue weighted by atomic mass is 16.3. The Balaban J connectivity index is 1.58. The summed E-state index contributed by atoms with van der Waals surface area (Å²) in [7, 11) is 0. The molecule has 1 aromatic heterocycles. The van der Waals surface area contributed by atoms with Gasteiger partial charge >= 0.3 is 0 Å². The number of hydrogen-bond donors (Lipinski definition) is 2. The van der Waals surface area contributed by atoms with Gasteiger partial charge in [-0.15, -0.1) is 0 Å². The Bertz CT molecular complexity index is 804. The molecular weight excluding hydrogens is 350 g/mol. The van der Waals surface area contributed by atoms with Gasteiger partial charge < -0.3 is 15.3 Å². The van der Waals surface area contributed by atoms with E-state index < -0.39 is 5.60 Å². The van der Waals surface area contributed by atoms with Crippen LogP contribution in [0.4, 0.5) is 0 Å². The first kappa shape index (κ1) is 20.5. The van der Waals surface area contributed by atoms with Crippen LogP contribution in [0.1, 0.15) is 55.1 Å². The summed E-state index contributed by atoms with van der Waals surface area (Å²) in [4.78, 5) is 19.2. The van der Waals surface area contributed by atoms with Crippen molar-refractivity contribution in [1.29, 1.82) is 0 Å². The molecule has 0 saturated carbocycles. The third-order valence-electron chi connectivity index (χ3n) is 5.39. The predicted molar refractivity (Wildman–Crippen MR) is 111 cm³/mol. The van der Waals surface area contributed by atoms with Crippen molar-refractivity contribution in [3.05, 3.63) is 65.0 Å². The number of hydrogen-bond acceptors (Lipinski definition) is 4. The molecule has 1 atom stereocenters. The molecule has 28 heavy (non-hydrogen) atoms. The van der Waals surface area contributed by atoms with Gasteiger partial charge in [0.1, 0.15) is 0 Å². The highest BCUT2D eigenvalue weighted by Gasteiger charge is 2.41. The second-order valence-corrected chi connectivity index (χ2v) is 8.13. The summed E-state index contributed by atoms with van der Waals surface area (Å²) < 4.78 is 0. The molecule has 1 amide bonds. The first-order valence-corrected chi connectivity index (χ1v) is 10.1. The van der Waals surface area contributed by atoms with E-state index in [9.17, 15) is 9.90 Å². The van der Waals surface area contributed by atoms with Gasteiger partial charge in [-0.1, -0.05) is 44.2 Å². The topological polar surface area (TPSA) is 65.5 Å². The Morgan fingerprint density at radius 3 is 2.64 bits per heavy atom. The SMILES string of the molecule is Cc1cccc(CNCC2(O)CCCN(Cc3ccc(C(C)C)cc3)C2=O)n1. The molecule has 3 rings (SSSR count). The maximum absolute atomic E-state index is 12.9. The van der Waals surface area contributed by atoms with Crippen LogP contribution in [-0.4, -0.2) is 39.6 Å². The Hall–Kier alpha value is -2.24. The minimum absolute atomic E-state index is 0.184. The summed E-state index contributed by atoms with van der Waals surface area (Å²) in [5, 5.41) is 14.2. The van der Waals surface area contributed by atoms with Gasteiger partial charge in [0.2, 0.25) is 0 Å². The van der Waals surface area contributed by atoms with Crippen molar-refractivity contribution in [1.82, 2.24) is 15.2 Å². The molecule has 0 radical (unpaired) electrons. The first-order valence-electron chi connectivity index (χ1n) is 10.1. The monoisotopic (exact) mass is 381 g/mol. The number of amides is 1. The normalized spacial score (nSPS) is 20.0. The van der Waals surface area contributed by atoms with Crippen LogP contribution in [0.2, 0.25) is 0 Å². The molecule has 2 aromatic rings. The van der Waals surface area contributed by atoms with E-state index in [1.165, 1.54) is 5.56 Å². The highest BCUT2D eigenvalue weighted by molar-refractivity contribution is 5.86. The number of aryl methyl sites for hydroxylation is 1. The molecule has 1 aliphatic heterocycles. The second-order valence-electron chi connectivity index (χ2n) is 8.13. The van der Waals surface area contributed by atoms with Crippen LogP contribution in [0.3, 0.4) is 0 Å². The number of benzene rings is 1. The van der Waals surface area contributed by atoms with Crippen LogP contribution in [0.15, 0.2) is 42.5 Å². The molecule has 0 bridgehead atoms. The van der Waals surface area contributed by atoms with E-state index in [0.717, 1.165) is 23.4 Å². The van der Waals surface area contributed by atoms with Crippen LogP contribution >= 0.6 is 0 Å². The van der Waals surface area contributed by atoms with Crippen LogP contribution < -0.4 is 5.32 Å². The minimum atomic E-state index is -1.35. The van der Waals surface area contributed by atoms with Gasteiger partial charge in [-0.2, -0.15) is 0 Å². The summed E-state index contributed by atoms with van der Waals surface area (Å²) in [5.41, 5.74) is 2.91. The molecule has 5 heteroatoms. The molecule has 5 nitrogen and oxygen atoms in total. The number of aliphatic hydroxyl groups is 1. The smallest absolute Gasteiger partial charge is 0.256 e. The van der Waals surface area contributed by atoms with Gasteiger partial charge in [0.15, 0.2) is 5.60 Å². The van der Waals surface area contributed by atoms with E-state index in [0.29, 0.717) is 32.0 Å². The lowest BCUT2D eigenvalue weighted by Crippen LogP contribution is -2.57. The summed E-state index contributed by atoms with van der Waals surface area (Å²) in [5.74, 6) is 0.307. The zero-order valence-electron chi connectivity index (χ0n) is 17.1. The molecule has 2 N–H and O–H groups in total. The molecular formula is C23H31N3O2. The molecule has 2 heterocycles. The van der Waals surface area contributed by atoms with Gasteiger partial charge in [0, 0.05) is 31.9 Å². The average molecular weight is 382 g/mol. The average Bonchev–Trinajstić information content (AvgIpc) is 2.66. The largest absolute Gasteiger partial charge is 0.379 e. The van der Waals surface area contributed by atoms with E-state index in [-0.39, 0.29) is 12.5 Å². The molecule has 1 unspecified atom stereocenters. The molecule has 1 aliphatic rings. The second kappa shape index (κ2) is 8.84. The minimum Gasteiger partial charge on any atom is -0.379 e. The van der Waals surface area contributed by atoms with Gasteiger partial charge in [0.05, 0.1) is 5.69 Å². The number of piperidine rings is 1. The van der Waals surface area contributed by atoms with Gasteiger partial charge in [0.25, 0.3) is 5.91 Å². The third kappa shape index (κ3) is 4.97. The van der Waals surface area contributed by atoms with Crippen molar-refractivity contribution < 1.29 is 9.90 Å². The fraction of sp³-hybridized carbons (Fsp3) is 0.478. The maximum atomic E-state index is 12.9. The predicted octanol–water partition coefficient (Wildman–Crippen LogP) is 3.16. The highest BCUT2D eigenvalue weighted by Crippen LogP contribution is 2.24. The van der Waals surface area contributed by atoms with Crippen molar-refractivity contribution >= 4 is 5.91 Å². The number of aromatic nitrogens is 1. The Morgan fingerprint density at radius 1 is 1.21 bits per heavy atom. The van der Waals surface area contributed by atoms with Crippen molar-refractivity contribution in [2.75, 3.05) is 13.1 Å². The van der Waals surface area contributed by atoms with E-state index in [4.69, 9.17) is 0 Å². The van der Waals surface area contributed by atoms with Crippen molar-refractivity contribution in [2.24, 2.45) is 0 Å². The quantitative estimate of drug-likeness (QED) is 0.773.